The first-order chi connectivity index (χ1) is 8.38. The van der Waals surface area contributed by atoms with Crippen LogP contribution in [0.1, 0.15) is 43.4 Å². The maximum absolute atomic E-state index is 8.69. The molecule has 2 rings (SSSR count). The van der Waals surface area contributed by atoms with E-state index in [-0.39, 0.29) is 6.61 Å². The van der Waals surface area contributed by atoms with Crippen LogP contribution in [0.25, 0.3) is 0 Å². The minimum Gasteiger partial charge on any atom is -0.484 e. The quantitative estimate of drug-likeness (QED) is 0.785. The molecule has 0 bridgehead atoms. The van der Waals surface area contributed by atoms with Crippen LogP contribution in [0.5, 0.6) is 5.06 Å². The molecule has 2 nitrogen and oxygen atoms in total. The maximum Gasteiger partial charge on any atom is 0.173 e. The van der Waals surface area contributed by atoms with Crippen molar-refractivity contribution in [1.82, 2.24) is 0 Å². The van der Waals surface area contributed by atoms with Crippen LogP contribution in [-0.4, -0.2) is 18.3 Å². The zero-order valence-electron chi connectivity index (χ0n) is 10.4. The molecule has 1 fully saturated rings. The molecule has 1 heterocycles. The normalized spacial score (nSPS) is 17.2. The Balaban J connectivity index is 1.76. The van der Waals surface area contributed by atoms with Gasteiger partial charge in [-0.15, -0.1) is 11.3 Å². The molecular weight excluding hydrogens is 232 g/mol. The second-order valence-corrected chi connectivity index (χ2v) is 5.99. The van der Waals surface area contributed by atoms with Gasteiger partial charge in [-0.05, 0) is 24.5 Å². The van der Waals surface area contributed by atoms with Gasteiger partial charge in [0.2, 0.25) is 0 Å². The van der Waals surface area contributed by atoms with Gasteiger partial charge < -0.3 is 9.84 Å². The molecule has 1 aromatic rings. The molecule has 0 amide bonds. The molecule has 17 heavy (non-hydrogen) atoms. The van der Waals surface area contributed by atoms with E-state index in [2.05, 4.69) is 12.1 Å². The van der Waals surface area contributed by atoms with Crippen molar-refractivity contribution in [2.24, 2.45) is 5.92 Å². The Morgan fingerprint density at radius 1 is 1.24 bits per heavy atom. The first-order valence-electron chi connectivity index (χ1n) is 6.71. The average molecular weight is 254 g/mol. The number of hydrogen-bond donors (Lipinski definition) is 1. The average Bonchev–Trinajstić information content (AvgIpc) is 2.79. The summed E-state index contributed by atoms with van der Waals surface area (Å²) in [6.45, 7) is 0.834. The van der Waals surface area contributed by atoms with Crippen LogP contribution < -0.4 is 4.74 Å². The van der Waals surface area contributed by atoms with Gasteiger partial charge in [-0.2, -0.15) is 0 Å². The molecule has 0 aliphatic heterocycles. The molecule has 1 saturated carbocycles. The van der Waals surface area contributed by atoms with Crippen LogP contribution in [0.15, 0.2) is 12.1 Å². The monoisotopic (exact) mass is 254 g/mol. The fraction of sp³-hybridized carbons (Fsp3) is 0.714. The molecule has 0 radical (unpaired) electrons. The third-order valence-electron chi connectivity index (χ3n) is 3.40. The third-order valence-corrected chi connectivity index (χ3v) is 4.42. The molecule has 1 aliphatic rings. The lowest BCUT2D eigenvalue weighted by Gasteiger charge is -2.20. The Morgan fingerprint density at radius 3 is 2.82 bits per heavy atom. The third kappa shape index (κ3) is 4.32. The number of ether oxygens (including phenoxy) is 1. The Morgan fingerprint density at radius 2 is 2.06 bits per heavy atom. The molecule has 0 spiro atoms. The van der Waals surface area contributed by atoms with E-state index in [0.29, 0.717) is 6.61 Å². The highest BCUT2D eigenvalue weighted by Crippen LogP contribution is 2.31. The van der Waals surface area contributed by atoms with Crippen molar-refractivity contribution >= 4 is 11.3 Å². The first-order valence-corrected chi connectivity index (χ1v) is 7.52. The number of aliphatic hydroxyl groups is 1. The summed E-state index contributed by atoms with van der Waals surface area (Å²) in [5.41, 5.74) is 0. The summed E-state index contributed by atoms with van der Waals surface area (Å²) in [5.74, 6) is 0.896. The second-order valence-electron chi connectivity index (χ2n) is 4.85. The summed E-state index contributed by atoms with van der Waals surface area (Å²) in [6, 6.07) is 4.27. The van der Waals surface area contributed by atoms with Crippen LogP contribution in [-0.2, 0) is 6.42 Å². The topological polar surface area (TPSA) is 29.5 Å². The van der Waals surface area contributed by atoms with E-state index in [1.165, 1.54) is 43.4 Å². The zero-order valence-corrected chi connectivity index (χ0v) is 11.2. The van der Waals surface area contributed by atoms with E-state index in [1.54, 1.807) is 11.3 Å². The van der Waals surface area contributed by atoms with E-state index in [1.807, 2.05) is 0 Å². The maximum atomic E-state index is 8.69. The summed E-state index contributed by atoms with van der Waals surface area (Å²) < 4.78 is 5.57. The highest BCUT2D eigenvalue weighted by molar-refractivity contribution is 7.13. The van der Waals surface area contributed by atoms with Gasteiger partial charge in [-0.3, -0.25) is 0 Å². The summed E-state index contributed by atoms with van der Waals surface area (Å²) >= 11 is 1.77. The summed E-state index contributed by atoms with van der Waals surface area (Å²) in [5, 5.41) is 9.69. The van der Waals surface area contributed by atoms with E-state index in [4.69, 9.17) is 9.84 Å². The van der Waals surface area contributed by atoms with Crippen LogP contribution >= 0.6 is 11.3 Å². The molecule has 1 aliphatic carbocycles. The lowest BCUT2D eigenvalue weighted by Crippen LogP contribution is -2.08. The number of aliphatic hydroxyl groups excluding tert-OH is 1. The van der Waals surface area contributed by atoms with Crippen LogP contribution in [0.4, 0.5) is 0 Å². The standard InChI is InChI=1S/C14H22O2S/c15-9-4-10-16-14-8-7-13(17-14)11-12-5-2-1-3-6-12/h7-8,12,15H,1-6,9-11H2. The van der Waals surface area contributed by atoms with Crippen molar-refractivity contribution in [3.8, 4) is 5.06 Å². The largest absolute Gasteiger partial charge is 0.484 e. The van der Waals surface area contributed by atoms with E-state index in [0.717, 1.165) is 17.4 Å². The molecular formula is C14H22O2S. The predicted molar refractivity (Wildman–Crippen MR) is 71.8 cm³/mol. The lowest BCUT2D eigenvalue weighted by molar-refractivity contribution is 0.237. The van der Waals surface area contributed by atoms with Gasteiger partial charge in [-0.1, -0.05) is 32.1 Å². The van der Waals surface area contributed by atoms with Gasteiger partial charge in [0, 0.05) is 17.9 Å². The van der Waals surface area contributed by atoms with E-state index >= 15 is 0 Å². The van der Waals surface area contributed by atoms with Gasteiger partial charge >= 0.3 is 0 Å². The smallest absolute Gasteiger partial charge is 0.173 e. The number of hydrogen-bond acceptors (Lipinski definition) is 3. The van der Waals surface area contributed by atoms with Gasteiger partial charge in [-0.25, -0.2) is 0 Å². The molecule has 96 valence electrons. The van der Waals surface area contributed by atoms with Crippen molar-refractivity contribution < 1.29 is 9.84 Å². The lowest BCUT2D eigenvalue weighted by atomic mass is 9.87. The minimum atomic E-state index is 0.209. The van der Waals surface area contributed by atoms with E-state index in [9.17, 15) is 0 Å². The second kappa shape index (κ2) is 7.02. The fourth-order valence-electron chi connectivity index (χ4n) is 2.46. The van der Waals surface area contributed by atoms with Crippen molar-refractivity contribution in [3.05, 3.63) is 17.0 Å². The van der Waals surface area contributed by atoms with Crippen LogP contribution in [0, 0.1) is 5.92 Å². The molecule has 0 unspecified atom stereocenters. The SMILES string of the molecule is OCCCOc1ccc(CC2CCCCC2)s1. The van der Waals surface area contributed by atoms with Gasteiger partial charge in [0.25, 0.3) is 0 Å². The molecule has 1 aromatic heterocycles. The Hall–Kier alpha value is -0.540. The minimum absolute atomic E-state index is 0.209. The summed E-state index contributed by atoms with van der Waals surface area (Å²) in [6.07, 6.45) is 9.00. The van der Waals surface area contributed by atoms with Crippen molar-refractivity contribution in [2.75, 3.05) is 13.2 Å². The predicted octanol–water partition coefficient (Wildman–Crippen LogP) is 3.63. The molecule has 0 saturated heterocycles. The van der Waals surface area contributed by atoms with Crippen LogP contribution in [0.3, 0.4) is 0 Å². The molecule has 1 N–H and O–H groups in total. The molecule has 3 heteroatoms. The first kappa shape index (κ1) is 12.9. The van der Waals surface area contributed by atoms with Crippen molar-refractivity contribution in [3.63, 3.8) is 0 Å². The highest BCUT2D eigenvalue weighted by atomic mass is 32.1. The Bertz CT molecular complexity index is 316. The van der Waals surface area contributed by atoms with Gasteiger partial charge in [0.05, 0.1) is 6.61 Å². The number of rotatable bonds is 6. The highest BCUT2D eigenvalue weighted by Gasteiger charge is 2.14. The van der Waals surface area contributed by atoms with Gasteiger partial charge in [0.15, 0.2) is 5.06 Å². The Kier molecular flexibility index (Phi) is 5.33. The Labute approximate surface area is 108 Å². The summed E-state index contributed by atoms with van der Waals surface area (Å²) in [7, 11) is 0. The molecule has 0 atom stereocenters. The fourth-order valence-corrected chi connectivity index (χ4v) is 3.45. The van der Waals surface area contributed by atoms with Crippen molar-refractivity contribution in [1.29, 1.82) is 0 Å². The van der Waals surface area contributed by atoms with Crippen LogP contribution in [0.2, 0.25) is 0 Å². The van der Waals surface area contributed by atoms with E-state index < -0.39 is 0 Å². The van der Waals surface area contributed by atoms with Gasteiger partial charge in [0.1, 0.15) is 0 Å². The number of thiophene rings is 1. The zero-order chi connectivity index (χ0) is 11.9. The van der Waals surface area contributed by atoms with Crippen molar-refractivity contribution in [2.45, 2.75) is 44.9 Å². The summed E-state index contributed by atoms with van der Waals surface area (Å²) in [4.78, 5) is 1.45. The molecule has 0 aromatic carbocycles.